The second kappa shape index (κ2) is 5.55. The molecular formula is C14H16N6O2. The number of aromatic nitrogens is 6. The zero-order chi connectivity index (χ0) is 15.6. The molecule has 0 aliphatic heterocycles. The summed E-state index contributed by atoms with van der Waals surface area (Å²) in [6, 6.07) is 7.39. The van der Waals surface area contributed by atoms with Gasteiger partial charge in [-0.05, 0) is 34.7 Å². The molecule has 1 aromatic carbocycles. The molecule has 0 aliphatic carbocycles. The minimum absolute atomic E-state index is 0.144. The minimum Gasteiger partial charge on any atom is -0.484 e. The Labute approximate surface area is 127 Å². The van der Waals surface area contributed by atoms with E-state index >= 15 is 0 Å². The summed E-state index contributed by atoms with van der Waals surface area (Å²) in [7, 11) is 0. The Hall–Kier alpha value is -2.77. The van der Waals surface area contributed by atoms with E-state index in [2.05, 4.69) is 25.7 Å². The number of hydrogen-bond donors (Lipinski definition) is 0. The highest BCUT2D eigenvalue weighted by Gasteiger charge is 2.20. The summed E-state index contributed by atoms with van der Waals surface area (Å²) in [6.07, 6.45) is 1.53. The number of nitrogens with zero attached hydrogens (tertiary/aromatic N) is 6. The first-order valence-corrected chi connectivity index (χ1v) is 6.82. The first kappa shape index (κ1) is 14.2. The monoisotopic (exact) mass is 300 g/mol. The molecule has 0 bridgehead atoms. The molecule has 0 atom stereocenters. The van der Waals surface area contributed by atoms with Crippen LogP contribution in [0.3, 0.4) is 0 Å². The molecular weight excluding hydrogens is 284 g/mol. The fraction of sp³-hybridized carbons (Fsp3) is 0.357. The fourth-order valence-electron chi connectivity index (χ4n) is 1.74. The molecule has 0 N–H and O–H groups in total. The first-order valence-electron chi connectivity index (χ1n) is 6.82. The normalized spacial score (nSPS) is 11.6. The van der Waals surface area contributed by atoms with Crippen LogP contribution in [0.25, 0.3) is 5.69 Å². The second-order valence-electron chi connectivity index (χ2n) is 5.80. The topological polar surface area (TPSA) is 91.8 Å². The highest BCUT2D eigenvalue weighted by Crippen LogP contribution is 2.19. The predicted octanol–water partition coefficient (Wildman–Crippen LogP) is 1.92. The molecule has 0 radical (unpaired) electrons. The van der Waals surface area contributed by atoms with Crippen molar-refractivity contribution in [2.75, 3.05) is 0 Å². The molecule has 3 rings (SSSR count). The summed E-state index contributed by atoms with van der Waals surface area (Å²) < 4.78 is 12.4. The van der Waals surface area contributed by atoms with Crippen molar-refractivity contribution in [3.63, 3.8) is 0 Å². The van der Waals surface area contributed by atoms with Crippen molar-refractivity contribution in [3.05, 3.63) is 42.3 Å². The molecule has 0 saturated heterocycles. The van der Waals surface area contributed by atoms with Gasteiger partial charge in [0, 0.05) is 5.41 Å². The van der Waals surface area contributed by atoms with Crippen molar-refractivity contribution < 1.29 is 9.26 Å². The maximum atomic E-state index is 5.63. The van der Waals surface area contributed by atoms with Gasteiger partial charge in [0.2, 0.25) is 0 Å². The molecule has 114 valence electrons. The van der Waals surface area contributed by atoms with E-state index in [1.54, 1.807) is 4.68 Å². The molecule has 2 heterocycles. The summed E-state index contributed by atoms with van der Waals surface area (Å²) in [5, 5.41) is 15.0. The number of hydrogen-bond acceptors (Lipinski definition) is 7. The summed E-state index contributed by atoms with van der Waals surface area (Å²) in [5.74, 6) is 1.82. The van der Waals surface area contributed by atoms with Crippen molar-refractivity contribution in [1.82, 2.24) is 30.3 Å². The van der Waals surface area contributed by atoms with Gasteiger partial charge < -0.3 is 9.26 Å². The van der Waals surface area contributed by atoms with Gasteiger partial charge in [-0.3, -0.25) is 0 Å². The Kier molecular flexibility index (Phi) is 3.58. The molecule has 8 nitrogen and oxygen atoms in total. The third-order valence-corrected chi connectivity index (χ3v) is 2.95. The van der Waals surface area contributed by atoms with E-state index in [-0.39, 0.29) is 12.0 Å². The number of benzene rings is 1. The lowest BCUT2D eigenvalue weighted by atomic mass is 9.96. The van der Waals surface area contributed by atoms with E-state index in [1.807, 2.05) is 45.0 Å². The average Bonchev–Trinajstić information content (AvgIpc) is 3.16. The van der Waals surface area contributed by atoms with E-state index in [0.717, 1.165) is 5.69 Å². The lowest BCUT2D eigenvalue weighted by Crippen LogP contribution is -2.13. The molecule has 0 amide bonds. The zero-order valence-corrected chi connectivity index (χ0v) is 12.6. The van der Waals surface area contributed by atoms with Crippen LogP contribution >= 0.6 is 0 Å². The molecule has 0 saturated carbocycles. The number of ether oxygens (including phenoxy) is 1. The maximum absolute atomic E-state index is 5.63. The third kappa shape index (κ3) is 3.11. The van der Waals surface area contributed by atoms with E-state index in [4.69, 9.17) is 9.26 Å². The summed E-state index contributed by atoms with van der Waals surface area (Å²) in [5.41, 5.74) is 0.708. The van der Waals surface area contributed by atoms with Gasteiger partial charge in [-0.2, -0.15) is 4.98 Å². The van der Waals surface area contributed by atoms with Gasteiger partial charge in [0.05, 0.1) is 5.69 Å². The van der Waals surface area contributed by atoms with Crippen LogP contribution in [0.5, 0.6) is 5.75 Å². The molecule has 3 aromatic rings. The Morgan fingerprint density at radius 1 is 1.18 bits per heavy atom. The largest absolute Gasteiger partial charge is 0.484 e. The molecule has 0 aliphatic rings. The maximum Gasteiger partial charge on any atom is 0.264 e. The Morgan fingerprint density at radius 2 is 1.95 bits per heavy atom. The predicted molar refractivity (Wildman–Crippen MR) is 76.5 cm³/mol. The quantitative estimate of drug-likeness (QED) is 0.726. The van der Waals surface area contributed by atoms with Crippen LogP contribution in [0.4, 0.5) is 0 Å². The lowest BCUT2D eigenvalue weighted by molar-refractivity contribution is 0.242. The molecule has 0 unspecified atom stereocenters. The molecule has 22 heavy (non-hydrogen) atoms. The average molecular weight is 300 g/mol. The van der Waals surface area contributed by atoms with Crippen LogP contribution in [0, 0.1) is 0 Å². The highest BCUT2D eigenvalue weighted by atomic mass is 16.5. The van der Waals surface area contributed by atoms with Crippen LogP contribution in [0.15, 0.2) is 35.1 Å². The van der Waals surface area contributed by atoms with Gasteiger partial charge in [-0.15, -0.1) is 5.10 Å². The van der Waals surface area contributed by atoms with Gasteiger partial charge in [-0.25, -0.2) is 4.68 Å². The van der Waals surface area contributed by atoms with Gasteiger partial charge in [0.1, 0.15) is 12.1 Å². The van der Waals surface area contributed by atoms with Gasteiger partial charge in [0.15, 0.2) is 12.4 Å². The third-order valence-electron chi connectivity index (χ3n) is 2.95. The van der Waals surface area contributed by atoms with E-state index in [1.165, 1.54) is 6.33 Å². The molecule has 2 aromatic heterocycles. The first-order chi connectivity index (χ1) is 10.5. The number of rotatable bonds is 4. The second-order valence-corrected chi connectivity index (χ2v) is 5.80. The smallest absolute Gasteiger partial charge is 0.264 e. The zero-order valence-electron chi connectivity index (χ0n) is 12.6. The standard InChI is InChI=1S/C14H16N6O2/c1-14(2,3)13-16-12(22-17-13)8-21-11-6-4-10(5-7-11)20-9-15-18-19-20/h4-7,9H,8H2,1-3H3. The molecule has 8 heteroatoms. The SMILES string of the molecule is CC(C)(C)c1noc(COc2ccc(-n3cnnn3)cc2)n1. The summed E-state index contributed by atoms with van der Waals surface area (Å²) in [4.78, 5) is 4.32. The molecule has 0 spiro atoms. The lowest BCUT2D eigenvalue weighted by Gasteiger charge is -2.10. The van der Waals surface area contributed by atoms with Gasteiger partial charge >= 0.3 is 0 Å². The Morgan fingerprint density at radius 3 is 2.55 bits per heavy atom. The number of tetrazole rings is 1. The minimum atomic E-state index is -0.144. The van der Waals surface area contributed by atoms with Crippen LogP contribution in [0.1, 0.15) is 32.5 Å². The van der Waals surface area contributed by atoms with Crippen molar-refractivity contribution in [2.45, 2.75) is 32.8 Å². The Bertz CT molecular complexity index is 728. The van der Waals surface area contributed by atoms with Crippen molar-refractivity contribution in [3.8, 4) is 11.4 Å². The van der Waals surface area contributed by atoms with E-state index in [0.29, 0.717) is 17.5 Å². The van der Waals surface area contributed by atoms with E-state index < -0.39 is 0 Å². The van der Waals surface area contributed by atoms with Crippen LogP contribution < -0.4 is 4.74 Å². The summed E-state index contributed by atoms with van der Waals surface area (Å²) >= 11 is 0. The summed E-state index contributed by atoms with van der Waals surface area (Å²) in [6.45, 7) is 6.31. The van der Waals surface area contributed by atoms with Crippen LogP contribution in [-0.2, 0) is 12.0 Å². The van der Waals surface area contributed by atoms with Crippen molar-refractivity contribution >= 4 is 0 Å². The van der Waals surface area contributed by atoms with E-state index in [9.17, 15) is 0 Å². The molecule has 0 fully saturated rings. The van der Waals surface area contributed by atoms with Crippen molar-refractivity contribution in [1.29, 1.82) is 0 Å². The van der Waals surface area contributed by atoms with Gasteiger partial charge in [0.25, 0.3) is 5.89 Å². The van der Waals surface area contributed by atoms with Crippen molar-refractivity contribution in [2.24, 2.45) is 0 Å². The fourth-order valence-corrected chi connectivity index (χ4v) is 1.74. The van der Waals surface area contributed by atoms with Crippen LogP contribution in [0.2, 0.25) is 0 Å². The highest BCUT2D eigenvalue weighted by molar-refractivity contribution is 5.36. The van der Waals surface area contributed by atoms with Gasteiger partial charge in [-0.1, -0.05) is 25.9 Å². The van der Waals surface area contributed by atoms with Crippen LogP contribution in [-0.4, -0.2) is 30.3 Å². The Balaban J connectivity index is 1.63.